The number of nitrogens with zero attached hydrogens (tertiary/aromatic N) is 2. The second-order valence-electron chi connectivity index (χ2n) is 4.44. The first kappa shape index (κ1) is 12.5. The molecule has 5 heteroatoms. The van der Waals surface area contributed by atoms with Gasteiger partial charge in [-0.2, -0.15) is 0 Å². The van der Waals surface area contributed by atoms with Gasteiger partial charge in [0.25, 0.3) is 0 Å². The van der Waals surface area contributed by atoms with Crippen molar-refractivity contribution in [3.05, 3.63) is 39.3 Å². The number of hydrogen-bond acceptors (Lipinski definition) is 4. The van der Waals surface area contributed by atoms with Gasteiger partial charge in [-0.1, -0.05) is 19.9 Å². The lowest BCUT2D eigenvalue weighted by Gasteiger charge is -2.23. The van der Waals surface area contributed by atoms with Gasteiger partial charge in [-0.3, -0.25) is 0 Å². The van der Waals surface area contributed by atoms with E-state index in [1.54, 1.807) is 23.7 Å². The van der Waals surface area contributed by atoms with E-state index in [0.29, 0.717) is 5.95 Å². The molecule has 0 spiro atoms. The largest absolute Gasteiger partial charge is 0.353 e. The molecule has 17 heavy (non-hydrogen) atoms. The Balaban J connectivity index is 2.00. The summed E-state index contributed by atoms with van der Waals surface area (Å²) in [6, 6.07) is 4.24. The van der Waals surface area contributed by atoms with Crippen molar-refractivity contribution in [2.75, 3.05) is 11.9 Å². The van der Waals surface area contributed by atoms with Crippen LogP contribution in [0.3, 0.4) is 0 Å². The number of hydrogen-bond donors (Lipinski definition) is 1. The Kier molecular flexibility index (Phi) is 3.79. The predicted molar refractivity (Wildman–Crippen MR) is 75.6 cm³/mol. The second kappa shape index (κ2) is 5.14. The highest BCUT2D eigenvalue weighted by molar-refractivity contribution is 9.10. The third-order valence-electron chi connectivity index (χ3n) is 2.50. The Morgan fingerprint density at radius 2 is 2.06 bits per heavy atom. The van der Waals surface area contributed by atoms with Gasteiger partial charge >= 0.3 is 0 Å². The van der Waals surface area contributed by atoms with Crippen LogP contribution in [0.2, 0.25) is 0 Å². The number of aromatic nitrogens is 2. The smallest absolute Gasteiger partial charge is 0.222 e. The molecule has 0 radical (unpaired) electrons. The van der Waals surface area contributed by atoms with Gasteiger partial charge in [0.2, 0.25) is 5.95 Å². The molecule has 0 aliphatic rings. The van der Waals surface area contributed by atoms with Gasteiger partial charge in [0.1, 0.15) is 0 Å². The summed E-state index contributed by atoms with van der Waals surface area (Å²) < 4.78 is 0.889. The first-order valence-corrected chi connectivity index (χ1v) is 7.00. The summed E-state index contributed by atoms with van der Waals surface area (Å²) in [6.07, 6.45) is 3.49. The fourth-order valence-corrected chi connectivity index (χ4v) is 2.51. The normalized spacial score (nSPS) is 11.5. The summed E-state index contributed by atoms with van der Waals surface area (Å²) in [7, 11) is 0. The zero-order chi connectivity index (χ0) is 12.3. The van der Waals surface area contributed by atoms with E-state index in [4.69, 9.17) is 0 Å². The van der Waals surface area contributed by atoms with Crippen molar-refractivity contribution in [1.29, 1.82) is 0 Å². The quantitative estimate of drug-likeness (QED) is 0.935. The number of halogens is 1. The van der Waals surface area contributed by atoms with Crippen molar-refractivity contribution in [1.82, 2.24) is 9.97 Å². The molecular weight excluding hydrogens is 298 g/mol. The average molecular weight is 312 g/mol. The van der Waals surface area contributed by atoms with Crippen LogP contribution in [0.4, 0.5) is 5.95 Å². The molecule has 90 valence electrons. The van der Waals surface area contributed by atoms with Crippen molar-refractivity contribution in [3.8, 4) is 0 Å². The fourth-order valence-electron chi connectivity index (χ4n) is 1.45. The lowest BCUT2D eigenvalue weighted by Crippen LogP contribution is -2.27. The maximum absolute atomic E-state index is 4.20. The van der Waals surface area contributed by atoms with E-state index in [-0.39, 0.29) is 5.41 Å². The molecule has 0 atom stereocenters. The van der Waals surface area contributed by atoms with Crippen LogP contribution in [-0.2, 0) is 5.41 Å². The Morgan fingerprint density at radius 3 is 2.65 bits per heavy atom. The van der Waals surface area contributed by atoms with Crippen molar-refractivity contribution in [3.63, 3.8) is 0 Å². The van der Waals surface area contributed by atoms with Gasteiger partial charge < -0.3 is 5.32 Å². The molecular formula is C12H14BrN3S. The molecule has 0 bridgehead atoms. The maximum Gasteiger partial charge on any atom is 0.222 e. The van der Waals surface area contributed by atoms with Gasteiger partial charge in [-0.25, -0.2) is 9.97 Å². The summed E-state index contributed by atoms with van der Waals surface area (Å²) in [5.74, 6) is 0.665. The molecule has 3 nitrogen and oxygen atoms in total. The summed E-state index contributed by atoms with van der Waals surface area (Å²) in [5.41, 5.74) is 0.0879. The van der Waals surface area contributed by atoms with Crippen LogP contribution < -0.4 is 5.32 Å². The first-order valence-electron chi connectivity index (χ1n) is 5.33. The topological polar surface area (TPSA) is 37.8 Å². The Bertz CT molecular complexity index is 465. The van der Waals surface area contributed by atoms with Crippen LogP contribution in [0.25, 0.3) is 0 Å². The van der Waals surface area contributed by atoms with Gasteiger partial charge in [0.05, 0.1) is 4.47 Å². The Morgan fingerprint density at radius 1 is 1.35 bits per heavy atom. The van der Waals surface area contributed by atoms with E-state index in [2.05, 4.69) is 62.6 Å². The molecule has 2 rings (SSSR count). The van der Waals surface area contributed by atoms with E-state index in [9.17, 15) is 0 Å². The molecule has 2 heterocycles. The highest BCUT2D eigenvalue weighted by atomic mass is 79.9. The third kappa shape index (κ3) is 3.26. The number of anilines is 1. The van der Waals surface area contributed by atoms with Gasteiger partial charge in [-0.15, -0.1) is 11.3 Å². The van der Waals surface area contributed by atoms with Crippen LogP contribution >= 0.6 is 27.3 Å². The fraction of sp³-hybridized carbons (Fsp3) is 0.333. The lowest BCUT2D eigenvalue weighted by atomic mass is 9.91. The molecule has 2 aromatic rings. The molecule has 0 aliphatic heterocycles. The van der Waals surface area contributed by atoms with Crippen LogP contribution in [0, 0.1) is 0 Å². The zero-order valence-corrected chi connectivity index (χ0v) is 12.2. The monoisotopic (exact) mass is 311 g/mol. The van der Waals surface area contributed by atoms with Crippen LogP contribution in [-0.4, -0.2) is 16.5 Å². The minimum atomic E-state index is 0.0879. The average Bonchev–Trinajstić information content (AvgIpc) is 2.82. The minimum Gasteiger partial charge on any atom is -0.353 e. The Hall–Kier alpha value is -0.940. The molecule has 1 N–H and O–H groups in total. The summed E-state index contributed by atoms with van der Waals surface area (Å²) in [5, 5.41) is 5.37. The van der Waals surface area contributed by atoms with Crippen molar-refractivity contribution < 1.29 is 0 Å². The predicted octanol–water partition coefficient (Wildman–Crippen LogP) is 3.69. The highest BCUT2D eigenvalue weighted by Gasteiger charge is 2.21. The van der Waals surface area contributed by atoms with Crippen molar-refractivity contribution in [2.24, 2.45) is 0 Å². The van der Waals surface area contributed by atoms with Crippen LogP contribution in [0.1, 0.15) is 18.7 Å². The summed E-state index contributed by atoms with van der Waals surface area (Å²) >= 11 is 5.10. The lowest BCUT2D eigenvalue weighted by molar-refractivity contribution is 0.567. The standard InChI is InChI=1S/C12H14BrN3S/c1-12(2,10-4-3-5-17-10)8-16-11-14-6-9(13)7-15-11/h3-7H,8H2,1-2H3,(H,14,15,16). The first-order chi connectivity index (χ1) is 8.08. The maximum atomic E-state index is 4.20. The molecule has 0 unspecified atom stereocenters. The van der Waals surface area contributed by atoms with E-state index >= 15 is 0 Å². The van der Waals surface area contributed by atoms with E-state index in [1.807, 2.05) is 0 Å². The van der Waals surface area contributed by atoms with Gasteiger partial charge in [0.15, 0.2) is 0 Å². The second-order valence-corrected chi connectivity index (χ2v) is 6.30. The minimum absolute atomic E-state index is 0.0879. The summed E-state index contributed by atoms with van der Waals surface area (Å²) in [4.78, 5) is 9.76. The van der Waals surface area contributed by atoms with Crippen molar-refractivity contribution >= 4 is 33.2 Å². The summed E-state index contributed by atoms with van der Waals surface area (Å²) in [6.45, 7) is 5.24. The molecule has 2 aromatic heterocycles. The number of nitrogens with one attached hydrogen (secondary N) is 1. The van der Waals surface area contributed by atoms with E-state index in [0.717, 1.165) is 11.0 Å². The molecule has 0 fully saturated rings. The molecule has 0 amide bonds. The Labute approximate surface area is 113 Å². The SMILES string of the molecule is CC(C)(CNc1ncc(Br)cn1)c1cccs1. The number of thiophene rings is 1. The zero-order valence-electron chi connectivity index (χ0n) is 9.77. The van der Waals surface area contributed by atoms with Crippen molar-refractivity contribution in [2.45, 2.75) is 19.3 Å². The molecule has 0 saturated heterocycles. The number of rotatable bonds is 4. The molecule has 0 aromatic carbocycles. The third-order valence-corrected chi connectivity index (χ3v) is 4.14. The van der Waals surface area contributed by atoms with Crippen LogP contribution in [0.5, 0.6) is 0 Å². The van der Waals surface area contributed by atoms with Gasteiger partial charge in [0, 0.05) is 29.2 Å². The van der Waals surface area contributed by atoms with Gasteiger partial charge in [-0.05, 0) is 27.4 Å². The van der Waals surface area contributed by atoms with E-state index in [1.165, 1.54) is 4.88 Å². The van der Waals surface area contributed by atoms with Crippen LogP contribution in [0.15, 0.2) is 34.4 Å². The molecule has 0 aliphatic carbocycles. The highest BCUT2D eigenvalue weighted by Crippen LogP contribution is 2.27. The van der Waals surface area contributed by atoms with E-state index < -0.39 is 0 Å². The molecule has 0 saturated carbocycles.